The highest BCUT2D eigenvalue weighted by atomic mass is 35.5. The van der Waals surface area contributed by atoms with Gasteiger partial charge in [-0.3, -0.25) is 14.9 Å². The molecule has 1 fully saturated rings. The van der Waals surface area contributed by atoms with Crippen LogP contribution in [0.5, 0.6) is 0 Å². The van der Waals surface area contributed by atoms with Crippen LogP contribution in [0.15, 0.2) is 42.5 Å². The van der Waals surface area contributed by atoms with E-state index >= 15 is 0 Å². The maximum atomic E-state index is 12.5. The fourth-order valence-corrected chi connectivity index (χ4v) is 3.69. The van der Waals surface area contributed by atoms with Crippen molar-refractivity contribution >= 4 is 58.0 Å². The van der Waals surface area contributed by atoms with Gasteiger partial charge in [-0.1, -0.05) is 23.2 Å². The van der Waals surface area contributed by atoms with Crippen LogP contribution in [0, 0.1) is 0 Å². The largest absolute Gasteiger partial charge is 0.339 e. The number of anilines is 1. The third kappa shape index (κ3) is 5.22. The van der Waals surface area contributed by atoms with Crippen LogP contribution < -0.4 is 10.6 Å². The number of piperidine rings is 1. The van der Waals surface area contributed by atoms with Crippen LogP contribution in [0.3, 0.4) is 0 Å². The normalized spacial score (nSPS) is 13.7. The summed E-state index contributed by atoms with van der Waals surface area (Å²) in [7, 11) is 0. The topological polar surface area (TPSA) is 61.4 Å². The van der Waals surface area contributed by atoms with Crippen molar-refractivity contribution in [1.82, 2.24) is 10.2 Å². The second kappa shape index (κ2) is 9.37. The highest BCUT2D eigenvalue weighted by Crippen LogP contribution is 2.21. The van der Waals surface area contributed by atoms with Crippen LogP contribution in [0.25, 0.3) is 0 Å². The molecule has 0 atom stereocenters. The molecule has 3 rings (SSSR count). The average Bonchev–Trinajstić information content (AvgIpc) is 2.68. The van der Waals surface area contributed by atoms with Crippen LogP contribution >= 0.6 is 35.4 Å². The van der Waals surface area contributed by atoms with Crippen molar-refractivity contribution in [3.05, 3.63) is 63.6 Å². The first kappa shape index (κ1) is 20.6. The van der Waals surface area contributed by atoms with Gasteiger partial charge in [0.25, 0.3) is 11.8 Å². The molecule has 2 aromatic rings. The Balaban J connectivity index is 1.58. The summed E-state index contributed by atoms with van der Waals surface area (Å²) in [6.45, 7) is 1.62. The van der Waals surface area contributed by atoms with E-state index in [9.17, 15) is 9.59 Å². The molecular weight excluding hydrogens is 417 g/mol. The molecule has 2 N–H and O–H groups in total. The number of hydrogen-bond donors (Lipinski definition) is 2. The molecule has 0 unspecified atom stereocenters. The van der Waals surface area contributed by atoms with E-state index in [-0.39, 0.29) is 21.6 Å². The molecule has 0 spiro atoms. The van der Waals surface area contributed by atoms with E-state index in [0.717, 1.165) is 25.9 Å². The number of rotatable bonds is 3. The zero-order valence-electron chi connectivity index (χ0n) is 15.0. The lowest BCUT2D eigenvalue weighted by molar-refractivity contribution is 0.0724. The Morgan fingerprint density at radius 1 is 0.964 bits per heavy atom. The number of thiocarbonyl (C=S) groups is 1. The van der Waals surface area contributed by atoms with Gasteiger partial charge in [0.05, 0.1) is 10.6 Å². The maximum absolute atomic E-state index is 12.5. The third-order valence-electron chi connectivity index (χ3n) is 4.44. The van der Waals surface area contributed by atoms with Crippen LogP contribution in [-0.4, -0.2) is 34.9 Å². The molecule has 0 radical (unpaired) electrons. The minimum atomic E-state index is -0.434. The maximum Gasteiger partial charge on any atom is 0.258 e. The van der Waals surface area contributed by atoms with Crippen molar-refractivity contribution in [2.45, 2.75) is 19.3 Å². The highest BCUT2D eigenvalue weighted by Gasteiger charge is 2.18. The second-order valence-electron chi connectivity index (χ2n) is 6.46. The minimum Gasteiger partial charge on any atom is -0.339 e. The van der Waals surface area contributed by atoms with E-state index in [4.69, 9.17) is 35.4 Å². The molecule has 146 valence electrons. The molecule has 0 bridgehead atoms. The lowest BCUT2D eigenvalue weighted by Gasteiger charge is -2.26. The van der Waals surface area contributed by atoms with Gasteiger partial charge in [0.1, 0.15) is 0 Å². The van der Waals surface area contributed by atoms with E-state index in [1.54, 1.807) is 30.3 Å². The molecular formula is C20H19Cl2N3O2S. The molecule has 1 heterocycles. The Hall–Kier alpha value is -2.15. The molecule has 1 saturated heterocycles. The molecule has 0 saturated carbocycles. The van der Waals surface area contributed by atoms with Gasteiger partial charge < -0.3 is 10.2 Å². The fraction of sp³-hybridized carbons (Fsp3) is 0.250. The Morgan fingerprint density at radius 2 is 1.64 bits per heavy atom. The van der Waals surface area contributed by atoms with Crippen LogP contribution in [0.1, 0.15) is 40.0 Å². The molecule has 8 heteroatoms. The summed E-state index contributed by atoms with van der Waals surface area (Å²) in [5.74, 6) is -0.393. The number of hydrogen-bond acceptors (Lipinski definition) is 3. The zero-order chi connectivity index (χ0) is 20.1. The number of nitrogens with zero attached hydrogens (tertiary/aromatic N) is 1. The monoisotopic (exact) mass is 435 g/mol. The van der Waals surface area contributed by atoms with Crippen molar-refractivity contribution in [2.75, 3.05) is 18.4 Å². The number of halogens is 2. The standard InChI is InChI=1S/C20H19Cl2N3O2S/c21-14-6-9-16(17(22)12-14)18(26)24-20(28)23-15-7-4-13(5-8-15)19(27)25-10-2-1-3-11-25/h4-9,12H,1-3,10-11H2,(H2,23,24,26,28). The lowest BCUT2D eigenvalue weighted by atomic mass is 10.1. The van der Waals surface area contributed by atoms with Gasteiger partial charge in [-0.05, 0) is 73.9 Å². The van der Waals surface area contributed by atoms with Gasteiger partial charge in [-0.2, -0.15) is 0 Å². The zero-order valence-corrected chi connectivity index (χ0v) is 17.3. The smallest absolute Gasteiger partial charge is 0.258 e. The van der Waals surface area contributed by atoms with Gasteiger partial charge in [0.2, 0.25) is 0 Å². The predicted octanol–water partition coefficient (Wildman–Crippen LogP) is 4.75. The van der Waals surface area contributed by atoms with E-state index in [2.05, 4.69) is 10.6 Å². The summed E-state index contributed by atoms with van der Waals surface area (Å²) >= 11 is 17.1. The summed E-state index contributed by atoms with van der Waals surface area (Å²) in [6.07, 6.45) is 3.28. The van der Waals surface area contributed by atoms with E-state index < -0.39 is 5.91 Å². The Bertz CT molecular complexity index is 897. The lowest BCUT2D eigenvalue weighted by Crippen LogP contribution is -2.35. The number of benzene rings is 2. The molecule has 2 amide bonds. The second-order valence-corrected chi connectivity index (χ2v) is 7.71. The quantitative estimate of drug-likeness (QED) is 0.682. The van der Waals surface area contributed by atoms with Gasteiger partial charge in [-0.25, -0.2) is 0 Å². The molecule has 0 aliphatic carbocycles. The average molecular weight is 436 g/mol. The number of carbonyl (C=O) groups excluding carboxylic acids is 2. The van der Waals surface area contributed by atoms with Crippen LogP contribution in [-0.2, 0) is 0 Å². The summed E-state index contributed by atoms with van der Waals surface area (Å²) in [5.41, 5.74) is 1.58. The fourth-order valence-electron chi connectivity index (χ4n) is 2.98. The number of amides is 2. The van der Waals surface area contributed by atoms with Crippen LogP contribution in [0.2, 0.25) is 10.0 Å². The SMILES string of the molecule is O=C(NC(=S)Nc1ccc(C(=O)N2CCCCC2)cc1)c1ccc(Cl)cc1Cl. The Morgan fingerprint density at radius 3 is 2.29 bits per heavy atom. The van der Waals surface area contributed by atoms with Crippen LogP contribution in [0.4, 0.5) is 5.69 Å². The van der Waals surface area contributed by atoms with Crippen molar-refractivity contribution in [2.24, 2.45) is 0 Å². The van der Waals surface area contributed by atoms with E-state index in [1.807, 2.05) is 4.90 Å². The third-order valence-corrected chi connectivity index (χ3v) is 5.19. The van der Waals surface area contributed by atoms with Gasteiger partial charge in [0.15, 0.2) is 5.11 Å². The molecule has 1 aliphatic rings. The minimum absolute atomic E-state index is 0.0412. The van der Waals surface area contributed by atoms with Gasteiger partial charge >= 0.3 is 0 Å². The summed E-state index contributed by atoms with van der Waals surface area (Å²) in [4.78, 5) is 26.7. The number of nitrogens with one attached hydrogen (secondary N) is 2. The van der Waals surface area contributed by atoms with Crippen molar-refractivity contribution < 1.29 is 9.59 Å². The molecule has 1 aliphatic heterocycles. The van der Waals surface area contributed by atoms with Gasteiger partial charge in [-0.15, -0.1) is 0 Å². The van der Waals surface area contributed by atoms with Crippen molar-refractivity contribution in [3.8, 4) is 0 Å². The Kier molecular flexibility index (Phi) is 6.88. The molecule has 2 aromatic carbocycles. The highest BCUT2D eigenvalue weighted by molar-refractivity contribution is 7.80. The van der Waals surface area contributed by atoms with E-state index in [1.165, 1.54) is 18.6 Å². The number of likely N-dealkylation sites (tertiary alicyclic amines) is 1. The summed E-state index contributed by atoms with van der Waals surface area (Å²) in [5, 5.41) is 6.32. The van der Waals surface area contributed by atoms with Gasteiger partial charge in [0, 0.05) is 29.4 Å². The first-order valence-corrected chi connectivity index (χ1v) is 10.1. The summed E-state index contributed by atoms with van der Waals surface area (Å²) in [6, 6.07) is 11.6. The molecule has 5 nitrogen and oxygen atoms in total. The first-order valence-electron chi connectivity index (χ1n) is 8.91. The van der Waals surface area contributed by atoms with Crippen molar-refractivity contribution in [3.63, 3.8) is 0 Å². The summed E-state index contributed by atoms with van der Waals surface area (Å²) < 4.78 is 0. The first-order chi connectivity index (χ1) is 13.4. The van der Waals surface area contributed by atoms with E-state index in [0.29, 0.717) is 16.3 Å². The molecule has 28 heavy (non-hydrogen) atoms. The predicted molar refractivity (Wildman–Crippen MR) is 116 cm³/mol. The van der Waals surface area contributed by atoms with Crippen molar-refractivity contribution in [1.29, 1.82) is 0 Å². The molecule has 0 aromatic heterocycles. The number of carbonyl (C=O) groups is 2. The Labute approximate surface area is 179 Å².